The first-order valence-corrected chi connectivity index (χ1v) is 17.2. The van der Waals surface area contributed by atoms with Crippen LogP contribution in [0.1, 0.15) is 49.5 Å². The molecular weight excluding hydrogens is 657 g/mol. The van der Waals surface area contributed by atoms with E-state index in [0.29, 0.717) is 33.9 Å². The number of anilines is 1. The summed E-state index contributed by atoms with van der Waals surface area (Å²) < 4.78 is 25.4. The van der Waals surface area contributed by atoms with Gasteiger partial charge in [-0.2, -0.15) is 0 Å². The molecule has 1 saturated carbocycles. The number of hydrogen-bond donors (Lipinski definition) is 3. The number of amides is 1. The van der Waals surface area contributed by atoms with Gasteiger partial charge in [0, 0.05) is 52.9 Å². The molecule has 0 saturated heterocycles. The third-order valence-electron chi connectivity index (χ3n) is 8.35. The lowest BCUT2D eigenvalue weighted by Crippen LogP contribution is -2.30. The lowest BCUT2D eigenvalue weighted by molar-refractivity contribution is -0.117. The highest BCUT2D eigenvalue weighted by atomic mass is 35.5. The highest BCUT2D eigenvalue weighted by Gasteiger charge is 2.17. The molecule has 1 aliphatic rings. The fraction of sp³-hybridized carbons (Fsp3) is 0.229. The smallest absolute Gasteiger partial charge is 0.261 e. The van der Waals surface area contributed by atoms with Crippen molar-refractivity contribution in [1.29, 1.82) is 0 Å². The molecule has 1 amide bonds. The van der Waals surface area contributed by atoms with Crippen LogP contribution in [-0.2, 0) is 22.5 Å². The minimum Gasteiger partial charge on any atom is -0.376 e. The summed E-state index contributed by atoms with van der Waals surface area (Å²) in [5, 5.41) is 3.96. The van der Waals surface area contributed by atoms with Gasteiger partial charge >= 0.3 is 0 Å². The van der Waals surface area contributed by atoms with Crippen molar-refractivity contribution in [2.75, 3.05) is 11.9 Å². The average molecular weight is 691 g/mol. The van der Waals surface area contributed by atoms with E-state index >= 15 is 0 Å². The van der Waals surface area contributed by atoms with Crippen molar-refractivity contribution in [2.24, 2.45) is 0 Å². The average Bonchev–Trinajstić information content (AvgIpc) is 3.47. The lowest BCUT2D eigenvalue weighted by atomic mass is 9.95. The molecule has 2 heterocycles. The Hall–Kier alpha value is -4.22. The number of pyridine rings is 1. The van der Waals surface area contributed by atoms with Crippen molar-refractivity contribution in [3.63, 3.8) is 0 Å². The fourth-order valence-electron chi connectivity index (χ4n) is 5.98. The summed E-state index contributed by atoms with van der Waals surface area (Å²) in [4.78, 5) is 29.7. The molecule has 242 valence electrons. The molecule has 12 heteroatoms. The van der Waals surface area contributed by atoms with E-state index in [-0.39, 0.29) is 12.1 Å². The first kappa shape index (κ1) is 32.7. The van der Waals surface area contributed by atoms with E-state index in [1.54, 1.807) is 18.2 Å². The van der Waals surface area contributed by atoms with Crippen LogP contribution in [0.3, 0.4) is 0 Å². The number of aromatic nitrogens is 3. The Morgan fingerprint density at radius 3 is 2.36 bits per heavy atom. The van der Waals surface area contributed by atoms with E-state index in [2.05, 4.69) is 5.32 Å². The highest BCUT2D eigenvalue weighted by Crippen LogP contribution is 2.32. The van der Waals surface area contributed by atoms with E-state index in [1.165, 1.54) is 19.3 Å². The molecule has 1 fully saturated rings. The predicted molar refractivity (Wildman–Crippen MR) is 187 cm³/mol. The third-order valence-corrected chi connectivity index (χ3v) is 9.30. The molecule has 1 atom stereocenters. The quantitative estimate of drug-likeness (QED) is 0.131. The topological polar surface area (TPSA) is 118 Å². The second-order valence-corrected chi connectivity index (χ2v) is 13.1. The normalized spacial score (nSPS) is 14.1. The first-order chi connectivity index (χ1) is 22.7. The van der Waals surface area contributed by atoms with E-state index in [1.807, 2.05) is 86.9 Å². The maximum absolute atomic E-state index is 13.0. The Bertz CT molecular complexity index is 1970. The van der Waals surface area contributed by atoms with Gasteiger partial charge in [0.1, 0.15) is 5.82 Å². The molecule has 47 heavy (non-hydrogen) atoms. The van der Waals surface area contributed by atoms with Gasteiger partial charge in [-0.05, 0) is 78.1 Å². The van der Waals surface area contributed by atoms with Gasteiger partial charge in [0.2, 0.25) is 0 Å². The van der Waals surface area contributed by atoms with Gasteiger partial charge in [0.25, 0.3) is 22.7 Å². The number of rotatable bonds is 10. The second-order valence-electron chi connectivity index (χ2n) is 11.5. The van der Waals surface area contributed by atoms with Gasteiger partial charge in [0.15, 0.2) is 0 Å². The minimum absolute atomic E-state index is 0.0416. The molecule has 0 radical (unpaired) electrons. The zero-order valence-corrected chi connectivity index (χ0v) is 27.7. The summed E-state index contributed by atoms with van der Waals surface area (Å²) in [5.74, 6) is 0.172. The molecule has 9 nitrogen and oxygen atoms in total. The number of nitrogens with zero attached hydrogens (tertiary/aromatic N) is 3. The lowest BCUT2D eigenvalue weighted by Gasteiger charge is -2.24. The van der Waals surface area contributed by atoms with Crippen LogP contribution in [-0.4, -0.2) is 35.3 Å². The maximum atomic E-state index is 13.0. The summed E-state index contributed by atoms with van der Waals surface area (Å²) in [6.45, 7) is -0.156. The van der Waals surface area contributed by atoms with Crippen LogP contribution in [0.25, 0.3) is 28.1 Å². The number of imidazole rings is 1. The summed E-state index contributed by atoms with van der Waals surface area (Å²) >= 11 is 10.3. The number of benzene rings is 3. The molecule has 2 aromatic heterocycles. The summed E-state index contributed by atoms with van der Waals surface area (Å²) in [7, 11) is 0. The molecule has 0 bridgehead atoms. The molecule has 0 spiro atoms. The minimum atomic E-state index is -2.41. The number of halogens is 2. The van der Waals surface area contributed by atoms with Crippen LogP contribution in [0.5, 0.6) is 0 Å². The Morgan fingerprint density at radius 1 is 0.936 bits per heavy atom. The van der Waals surface area contributed by atoms with E-state index in [4.69, 9.17) is 32.7 Å². The van der Waals surface area contributed by atoms with Crippen molar-refractivity contribution >= 4 is 46.1 Å². The van der Waals surface area contributed by atoms with Crippen LogP contribution < -0.4 is 15.6 Å². The van der Waals surface area contributed by atoms with Crippen molar-refractivity contribution < 1.29 is 13.6 Å². The molecule has 6 rings (SSSR count). The fourth-order valence-corrected chi connectivity index (χ4v) is 6.75. The predicted octanol–water partition coefficient (Wildman–Crippen LogP) is 7.44. The Labute approximate surface area is 285 Å². The van der Waals surface area contributed by atoms with Gasteiger partial charge in [-0.25, -0.2) is 9.19 Å². The van der Waals surface area contributed by atoms with Crippen LogP contribution in [0.15, 0.2) is 96.1 Å². The SMILES string of the molecule is O=C(CNc1ccc(-n2cc(-c3ccc(Cl)cc3Cl)nc2Cc2ccc(-c3ccn(C4CCCCC4)c(=O)c3)cc2)cc1)NS(=O)O. The number of hydrogen-bond acceptors (Lipinski definition) is 5. The summed E-state index contributed by atoms with van der Waals surface area (Å²) in [6.07, 6.45) is 10.1. The molecule has 3 N–H and O–H groups in total. The monoisotopic (exact) mass is 689 g/mol. The number of nitrogens with one attached hydrogen (secondary N) is 2. The van der Waals surface area contributed by atoms with Crippen LogP contribution in [0.4, 0.5) is 5.69 Å². The Balaban J connectivity index is 1.25. The van der Waals surface area contributed by atoms with E-state index < -0.39 is 17.2 Å². The third kappa shape index (κ3) is 8.02. The van der Waals surface area contributed by atoms with Gasteiger partial charge in [-0.15, -0.1) is 0 Å². The summed E-state index contributed by atoms with van der Waals surface area (Å²) in [6, 6.07) is 24.9. The van der Waals surface area contributed by atoms with Gasteiger partial charge in [-0.1, -0.05) is 66.7 Å². The standard InChI is InChI=1S/C35H33Cl2N5O4S/c36-26-10-15-30(31(37)20-26)32-22-42(29-13-11-27(12-14-29)38-21-34(43)40-47(45)46)33(39-32)18-23-6-8-24(9-7-23)25-16-17-41(35(44)19-25)28-4-2-1-3-5-28/h6-17,19-20,22,28,38H,1-5,18,21H2,(H,40,43)(H,45,46). The molecular formula is C35H33Cl2N5O4S. The van der Waals surface area contributed by atoms with Crippen molar-refractivity contribution in [1.82, 2.24) is 18.8 Å². The van der Waals surface area contributed by atoms with Crippen molar-refractivity contribution in [3.8, 4) is 28.1 Å². The molecule has 3 aromatic carbocycles. The Kier molecular flexibility index (Phi) is 10.2. The van der Waals surface area contributed by atoms with Crippen LogP contribution in [0.2, 0.25) is 10.0 Å². The molecule has 0 aliphatic heterocycles. The molecule has 1 unspecified atom stereocenters. The second kappa shape index (κ2) is 14.7. The van der Waals surface area contributed by atoms with Gasteiger partial charge < -0.3 is 14.5 Å². The van der Waals surface area contributed by atoms with Gasteiger partial charge in [0.05, 0.1) is 17.3 Å². The van der Waals surface area contributed by atoms with E-state index in [9.17, 15) is 13.8 Å². The highest BCUT2D eigenvalue weighted by molar-refractivity contribution is 7.77. The van der Waals surface area contributed by atoms with Crippen molar-refractivity contribution in [3.05, 3.63) is 123 Å². The molecule has 1 aliphatic carbocycles. The van der Waals surface area contributed by atoms with Crippen LogP contribution >= 0.6 is 23.2 Å². The number of carbonyl (C=O) groups is 1. The Morgan fingerprint density at radius 2 is 1.68 bits per heavy atom. The zero-order chi connectivity index (χ0) is 32.9. The maximum Gasteiger partial charge on any atom is 0.261 e. The summed E-state index contributed by atoms with van der Waals surface area (Å²) in [5.41, 5.74) is 5.89. The van der Waals surface area contributed by atoms with Gasteiger partial charge in [-0.3, -0.25) is 18.9 Å². The molecule has 5 aromatic rings. The number of carbonyl (C=O) groups excluding carboxylic acids is 1. The zero-order valence-electron chi connectivity index (χ0n) is 25.4. The van der Waals surface area contributed by atoms with Crippen molar-refractivity contribution in [2.45, 2.75) is 44.6 Å². The first-order valence-electron chi connectivity index (χ1n) is 15.3. The largest absolute Gasteiger partial charge is 0.376 e. The van der Waals surface area contributed by atoms with E-state index in [0.717, 1.165) is 46.6 Å². The van der Waals surface area contributed by atoms with Crippen LogP contribution in [0, 0.1) is 0 Å².